The first-order chi connectivity index (χ1) is 14.7. The largest absolute Gasteiger partial charge is 0.352 e. The van der Waals surface area contributed by atoms with Crippen molar-refractivity contribution in [2.75, 3.05) is 0 Å². The molecule has 166 valence electrons. The minimum atomic E-state index is -0.664. The average Bonchev–Trinajstić information content (AvgIpc) is 3.22. The van der Waals surface area contributed by atoms with Gasteiger partial charge in [-0.1, -0.05) is 71.4 Å². The molecule has 1 fully saturated rings. The molecular formula is C23H24Cl4N2O2. The highest BCUT2D eigenvalue weighted by atomic mass is 35.5. The van der Waals surface area contributed by atoms with Crippen LogP contribution in [0.3, 0.4) is 0 Å². The van der Waals surface area contributed by atoms with Crippen LogP contribution in [0.4, 0.5) is 0 Å². The van der Waals surface area contributed by atoms with Gasteiger partial charge in [0.1, 0.15) is 6.04 Å². The number of amides is 2. The van der Waals surface area contributed by atoms with Gasteiger partial charge in [0.2, 0.25) is 11.8 Å². The van der Waals surface area contributed by atoms with E-state index >= 15 is 0 Å². The number of carbonyl (C=O) groups is 2. The lowest BCUT2D eigenvalue weighted by atomic mass is 10.1. The Hall–Kier alpha value is -1.46. The van der Waals surface area contributed by atoms with E-state index in [0.29, 0.717) is 25.7 Å². The third-order valence-electron chi connectivity index (χ3n) is 5.56. The van der Waals surface area contributed by atoms with Gasteiger partial charge >= 0.3 is 0 Å². The molecule has 0 spiro atoms. The summed E-state index contributed by atoms with van der Waals surface area (Å²) in [7, 11) is 0. The number of nitrogens with one attached hydrogen (secondary N) is 1. The normalized spacial score (nSPS) is 15.0. The molecule has 0 bridgehead atoms. The number of carbonyl (C=O) groups excluding carboxylic acids is 2. The Morgan fingerprint density at radius 2 is 1.71 bits per heavy atom. The Bertz CT molecular complexity index is 961. The van der Waals surface area contributed by atoms with E-state index in [0.717, 1.165) is 31.2 Å². The Kier molecular flexibility index (Phi) is 8.51. The number of hydrogen-bond donors (Lipinski definition) is 1. The zero-order valence-electron chi connectivity index (χ0n) is 17.1. The van der Waals surface area contributed by atoms with Crippen LogP contribution < -0.4 is 5.32 Å². The van der Waals surface area contributed by atoms with Gasteiger partial charge in [-0.2, -0.15) is 0 Å². The molecule has 1 saturated carbocycles. The summed E-state index contributed by atoms with van der Waals surface area (Å²) in [5.74, 6) is -0.377. The number of hydrogen-bond acceptors (Lipinski definition) is 2. The van der Waals surface area contributed by atoms with E-state index in [1.165, 1.54) is 0 Å². The number of benzene rings is 2. The summed E-state index contributed by atoms with van der Waals surface area (Å²) < 4.78 is 0. The van der Waals surface area contributed by atoms with Gasteiger partial charge in [-0.15, -0.1) is 0 Å². The molecule has 1 aliphatic rings. The molecule has 0 unspecified atom stereocenters. The quantitative estimate of drug-likeness (QED) is 0.482. The molecule has 8 heteroatoms. The standard InChI is InChI=1S/C23H24Cl4N2O2/c1-14(23(31)28-18-4-2-3-5-18)29(13-16-7-8-17(24)12-20(16)26)22(30)11-15-6-9-19(25)21(27)10-15/h6-10,12,14,18H,2-5,11,13H2,1H3,(H,28,31)/t14-/m1/s1. The second-order valence-corrected chi connectivity index (χ2v) is 9.51. The van der Waals surface area contributed by atoms with Crippen LogP contribution in [0.25, 0.3) is 0 Å². The topological polar surface area (TPSA) is 49.4 Å². The van der Waals surface area contributed by atoms with Crippen LogP contribution in [0.15, 0.2) is 36.4 Å². The van der Waals surface area contributed by atoms with Crippen molar-refractivity contribution in [1.82, 2.24) is 10.2 Å². The second kappa shape index (κ2) is 10.9. The van der Waals surface area contributed by atoms with E-state index in [2.05, 4.69) is 5.32 Å². The molecular weight excluding hydrogens is 478 g/mol. The summed E-state index contributed by atoms with van der Waals surface area (Å²) in [4.78, 5) is 27.7. The molecule has 2 aromatic carbocycles. The zero-order chi connectivity index (χ0) is 22.5. The van der Waals surface area contributed by atoms with Gasteiger partial charge in [0.15, 0.2) is 0 Å². The van der Waals surface area contributed by atoms with E-state index in [1.807, 2.05) is 0 Å². The first kappa shape index (κ1) is 24.2. The van der Waals surface area contributed by atoms with Crippen LogP contribution in [0.1, 0.15) is 43.7 Å². The Morgan fingerprint density at radius 1 is 1.00 bits per heavy atom. The van der Waals surface area contributed by atoms with E-state index in [-0.39, 0.29) is 30.8 Å². The van der Waals surface area contributed by atoms with E-state index in [1.54, 1.807) is 48.2 Å². The summed E-state index contributed by atoms with van der Waals surface area (Å²) in [5.41, 5.74) is 1.43. The van der Waals surface area contributed by atoms with E-state index in [9.17, 15) is 9.59 Å². The lowest BCUT2D eigenvalue weighted by Crippen LogP contribution is -2.50. The molecule has 2 aromatic rings. The first-order valence-electron chi connectivity index (χ1n) is 10.2. The van der Waals surface area contributed by atoms with Crippen molar-refractivity contribution in [3.05, 3.63) is 67.6 Å². The molecule has 0 aliphatic heterocycles. The minimum absolute atomic E-state index is 0.0865. The van der Waals surface area contributed by atoms with Crippen molar-refractivity contribution in [2.24, 2.45) is 0 Å². The molecule has 1 aliphatic carbocycles. The van der Waals surface area contributed by atoms with E-state index in [4.69, 9.17) is 46.4 Å². The lowest BCUT2D eigenvalue weighted by Gasteiger charge is -2.30. The first-order valence-corrected chi connectivity index (χ1v) is 11.7. The molecule has 4 nitrogen and oxygen atoms in total. The number of nitrogens with zero attached hydrogens (tertiary/aromatic N) is 1. The smallest absolute Gasteiger partial charge is 0.242 e. The van der Waals surface area contributed by atoms with Crippen molar-refractivity contribution in [2.45, 2.75) is 57.7 Å². The van der Waals surface area contributed by atoms with Crippen molar-refractivity contribution < 1.29 is 9.59 Å². The van der Waals surface area contributed by atoms with Crippen molar-refractivity contribution in [3.8, 4) is 0 Å². The van der Waals surface area contributed by atoms with Gasteiger partial charge in [-0.25, -0.2) is 0 Å². The van der Waals surface area contributed by atoms with Crippen LogP contribution >= 0.6 is 46.4 Å². The fourth-order valence-electron chi connectivity index (χ4n) is 3.73. The van der Waals surface area contributed by atoms with Crippen LogP contribution in [-0.4, -0.2) is 28.8 Å². The molecule has 1 N–H and O–H groups in total. The van der Waals surface area contributed by atoms with Gasteiger partial charge in [0, 0.05) is 22.6 Å². The highest BCUT2D eigenvalue weighted by Crippen LogP contribution is 2.26. The summed E-state index contributed by atoms with van der Waals surface area (Å²) in [6.45, 7) is 1.93. The number of rotatable bonds is 7. The summed E-state index contributed by atoms with van der Waals surface area (Å²) in [5, 5.41) is 4.84. The fourth-order valence-corrected chi connectivity index (χ4v) is 4.52. The van der Waals surface area contributed by atoms with Gasteiger partial charge in [0.25, 0.3) is 0 Å². The highest BCUT2D eigenvalue weighted by Gasteiger charge is 2.29. The SMILES string of the molecule is C[C@H](C(=O)NC1CCCC1)N(Cc1ccc(Cl)cc1Cl)C(=O)Cc1ccc(Cl)c(Cl)c1. The molecule has 2 amide bonds. The predicted molar refractivity (Wildman–Crippen MR) is 127 cm³/mol. The molecule has 31 heavy (non-hydrogen) atoms. The zero-order valence-corrected chi connectivity index (χ0v) is 20.2. The predicted octanol–water partition coefficient (Wildman–Crippen LogP) is 6.32. The summed E-state index contributed by atoms with van der Waals surface area (Å²) in [6.07, 6.45) is 4.25. The molecule has 1 atom stereocenters. The second-order valence-electron chi connectivity index (χ2n) is 7.85. The van der Waals surface area contributed by atoms with E-state index < -0.39 is 6.04 Å². The van der Waals surface area contributed by atoms with Gasteiger partial charge in [-0.3, -0.25) is 9.59 Å². The molecule has 0 radical (unpaired) electrons. The van der Waals surface area contributed by atoms with Crippen LogP contribution in [0.2, 0.25) is 20.1 Å². The van der Waals surface area contributed by atoms with Gasteiger partial charge < -0.3 is 10.2 Å². The number of halogens is 4. The Labute approximate surface area is 202 Å². The Morgan fingerprint density at radius 3 is 2.35 bits per heavy atom. The minimum Gasteiger partial charge on any atom is -0.352 e. The van der Waals surface area contributed by atoms with Gasteiger partial charge in [0.05, 0.1) is 16.5 Å². The molecule has 0 saturated heterocycles. The van der Waals surface area contributed by atoms with Crippen LogP contribution in [0.5, 0.6) is 0 Å². The molecule has 0 aromatic heterocycles. The van der Waals surface area contributed by atoms with Crippen molar-refractivity contribution >= 4 is 58.2 Å². The maximum atomic E-state index is 13.3. The maximum absolute atomic E-state index is 13.3. The van der Waals surface area contributed by atoms with Gasteiger partial charge in [-0.05, 0) is 55.2 Å². The third kappa shape index (κ3) is 6.52. The maximum Gasteiger partial charge on any atom is 0.242 e. The molecule has 0 heterocycles. The summed E-state index contributed by atoms with van der Waals surface area (Å²) in [6, 6.07) is 9.69. The average molecular weight is 502 g/mol. The van der Waals surface area contributed by atoms with Crippen molar-refractivity contribution in [1.29, 1.82) is 0 Å². The third-order valence-corrected chi connectivity index (χ3v) is 6.89. The lowest BCUT2D eigenvalue weighted by molar-refractivity contribution is -0.140. The monoisotopic (exact) mass is 500 g/mol. The van der Waals surface area contributed by atoms with Crippen molar-refractivity contribution in [3.63, 3.8) is 0 Å². The summed E-state index contributed by atoms with van der Waals surface area (Å²) >= 11 is 24.4. The Balaban J connectivity index is 1.81. The molecule has 3 rings (SSSR count). The highest BCUT2D eigenvalue weighted by molar-refractivity contribution is 6.42. The fraction of sp³-hybridized carbons (Fsp3) is 0.391. The van der Waals surface area contributed by atoms with Crippen LogP contribution in [0, 0.1) is 0 Å². The van der Waals surface area contributed by atoms with Crippen LogP contribution in [-0.2, 0) is 22.6 Å².